The van der Waals surface area contributed by atoms with Gasteiger partial charge in [-0.3, -0.25) is 14.5 Å². The zero-order valence-electron chi connectivity index (χ0n) is 14.5. The van der Waals surface area contributed by atoms with Gasteiger partial charge in [0.25, 0.3) is 0 Å². The number of likely N-dealkylation sites (tertiary alicyclic amines) is 1. The Morgan fingerprint density at radius 1 is 1.38 bits per heavy atom. The second kappa shape index (κ2) is 9.33. The Kier molecular flexibility index (Phi) is 7.14. The zero-order chi connectivity index (χ0) is 19.1. The van der Waals surface area contributed by atoms with Gasteiger partial charge in [0.2, 0.25) is 11.8 Å². The van der Waals surface area contributed by atoms with Crippen molar-refractivity contribution in [1.29, 1.82) is 0 Å². The lowest BCUT2D eigenvalue weighted by Crippen LogP contribution is -2.45. The molecule has 0 spiro atoms. The predicted molar refractivity (Wildman–Crippen MR) is 89.8 cm³/mol. The van der Waals surface area contributed by atoms with Crippen molar-refractivity contribution in [3.8, 4) is 11.5 Å². The number of hydrogen-bond donors (Lipinski definition) is 2. The van der Waals surface area contributed by atoms with Gasteiger partial charge in [-0.15, -0.1) is 0 Å². The van der Waals surface area contributed by atoms with Gasteiger partial charge in [-0.1, -0.05) is 6.07 Å². The molecule has 9 heteroatoms. The van der Waals surface area contributed by atoms with E-state index >= 15 is 0 Å². The van der Waals surface area contributed by atoms with E-state index in [-0.39, 0.29) is 42.3 Å². The predicted octanol–water partition coefficient (Wildman–Crippen LogP) is 1.11. The molecule has 144 valence electrons. The highest BCUT2D eigenvalue weighted by Gasteiger charge is 2.25. The van der Waals surface area contributed by atoms with Crippen LogP contribution >= 0.6 is 0 Å². The highest BCUT2D eigenvalue weighted by atomic mass is 19.3. The van der Waals surface area contributed by atoms with Crippen molar-refractivity contribution in [3.63, 3.8) is 0 Å². The molecule has 0 bridgehead atoms. The highest BCUT2D eigenvalue weighted by molar-refractivity contribution is 5.79. The minimum atomic E-state index is -2.94. The third kappa shape index (κ3) is 5.83. The van der Waals surface area contributed by atoms with Crippen LogP contribution in [0, 0.1) is 5.92 Å². The number of benzene rings is 1. The van der Waals surface area contributed by atoms with Gasteiger partial charge in [0.15, 0.2) is 11.5 Å². The number of methoxy groups -OCH3 is 1. The molecule has 1 aliphatic rings. The minimum Gasteiger partial charge on any atom is -0.493 e. The lowest BCUT2D eigenvalue weighted by Gasteiger charge is -2.30. The second-order valence-corrected chi connectivity index (χ2v) is 6.12. The maximum atomic E-state index is 12.3. The Hall–Kier alpha value is -2.42. The summed E-state index contributed by atoms with van der Waals surface area (Å²) in [5.41, 5.74) is 6.01. The molecule has 1 atom stereocenters. The first-order valence-corrected chi connectivity index (χ1v) is 8.29. The van der Waals surface area contributed by atoms with Crippen molar-refractivity contribution >= 4 is 11.8 Å². The average molecular weight is 371 g/mol. The fraction of sp³-hybridized carbons (Fsp3) is 0.529. The van der Waals surface area contributed by atoms with Crippen LogP contribution < -0.4 is 20.5 Å². The molecule has 1 fully saturated rings. The minimum absolute atomic E-state index is 0.0663. The molecule has 1 heterocycles. The summed E-state index contributed by atoms with van der Waals surface area (Å²) in [6.07, 6.45) is 1.57. The van der Waals surface area contributed by atoms with Crippen molar-refractivity contribution in [3.05, 3.63) is 23.8 Å². The van der Waals surface area contributed by atoms with E-state index in [1.165, 1.54) is 19.2 Å². The number of carbonyl (C=O) groups excluding carboxylic acids is 2. The number of ether oxygens (including phenoxy) is 2. The number of halogens is 2. The Morgan fingerprint density at radius 3 is 2.81 bits per heavy atom. The molecule has 1 aromatic rings. The molecule has 2 rings (SSSR count). The third-order valence-corrected chi connectivity index (χ3v) is 4.21. The summed E-state index contributed by atoms with van der Waals surface area (Å²) in [7, 11) is 1.35. The summed E-state index contributed by atoms with van der Waals surface area (Å²) >= 11 is 0. The Bertz CT molecular complexity index is 642. The lowest BCUT2D eigenvalue weighted by atomic mass is 9.97. The first-order chi connectivity index (χ1) is 12.4. The van der Waals surface area contributed by atoms with Gasteiger partial charge in [0, 0.05) is 13.1 Å². The first kappa shape index (κ1) is 19.9. The van der Waals surface area contributed by atoms with E-state index in [0.29, 0.717) is 12.1 Å². The Balaban J connectivity index is 1.86. The van der Waals surface area contributed by atoms with Gasteiger partial charge in [0.05, 0.1) is 19.6 Å². The number of nitrogens with zero attached hydrogens (tertiary/aromatic N) is 1. The Morgan fingerprint density at radius 2 is 2.15 bits per heavy atom. The summed E-state index contributed by atoms with van der Waals surface area (Å²) in [6.45, 7) is -1.32. The average Bonchev–Trinajstić information content (AvgIpc) is 2.60. The molecule has 0 aliphatic carbocycles. The molecule has 7 nitrogen and oxygen atoms in total. The van der Waals surface area contributed by atoms with E-state index in [2.05, 4.69) is 10.1 Å². The highest BCUT2D eigenvalue weighted by Crippen LogP contribution is 2.29. The maximum absolute atomic E-state index is 12.3. The van der Waals surface area contributed by atoms with Gasteiger partial charge in [-0.05, 0) is 37.1 Å². The quantitative estimate of drug-likeness (QED) is 0.714. The summed E-state index contributed by atoms with van der Waals surface area (Å²) < 4.78 is 34.0. The summed E-state index contributed by atoms with van der Waals surface area (Å²) in [5, 5.41) is 2.76. The van der Waals surface area contributed by atoms with Crippen LogP contribution in [0.2, 0.25) is 0 Å². The van der Waals surface area contributed by atoms with E-state index in [9.17, 15) is 18.4 Å². The standard InChI is InChI=1S/C17H23F2N3O4/c1-25-14-7-11(4-5-13(14)26-17(18)19)8-21-15(23)10-22-6-2-3-12(9-22)16(20)24/h4-5,7,12,17H,2-3,6,8-10H2,1H3,(H2,20,24)(H,21,23)/t12-/m0/s1. The number of amides is 2. The van der Waals surface area contributed by atoms with Gasteiger partial charge in [-0.25, -0.2) is 0 Å². The summed E-state index contributed by atoms with van der Waals surface area (Å²) in [5.74, 6) is -0.653. The van der Waals surface area contributed by atoms with Gasteiger partial charge < -0.3 is 20.5 Å². The van der Waals surface area contributed by atoms with Crippen molar-refractivity contribution in [1.82, 2.24) is 10.2 Å². The number of hydrogen-bond acceptors (Lipinski definition) is 5. The molecule has 0 saturated carbocycles. The third-order valence-electron chi connectivity index (χ3n) is 4.21. The normalized spacial score (nSPS) is 17.8. The number of piperidine rings is 1. The summed E-state index contributed by atoms with van der Waals surface area (Å²) in [4.78, 5) is 25.3. The number of nitrogens with two attached hydrogens (primary N) is 1. The van der Waals surface area contributed by atoms with E-state index in [1.54, 1.807) is 6.07 Å². The number of carbonyl (C=O) groups is 2. The molecule has 1 aromatic carbocycles. The maximum Gasteiger partial charge on any atom is 0.387 e. The lowest BCUT2D eigenvalue weighted by molar-refractivity contribution is -0.126. The number of nitrogens with one attached hydrogen (secondary N) is 1. The number of primary amides is 1. The molecule has 1 aliphatic heterocycles. The monoisotopic (exact) mass is 371 g/mol. The van der Waals surface area contributed by atoms with E-state index in [4.69, 9.17) is 10.5 Å². The van der Waals surface area contributed by atoms with Crippen LogP contribution in [0.1, 0.15) is 18.4 Å². The molecule has 26 heavy (non-hydrogen) atoms. The Labute approximate surface area is 150 Å². The SMILES string of the molecule is COc1cc(CNC(=O)CN2CCC[C@H](C(N)=O)C2)ccc1OC(F)F. The molecule has 0 aromatic heterocycles. The van der Waals surface area contributed by atoms with Crippen molar-refractivity contribution in [2.24, 2.45) is 11.7 Å². The molecular formula is C17H23F2N3O4. The smallest absolute Gasteiger partial charge is 0.387 e. The fourth-order valence-corrected chi connectivity index (χ4v) is 2.91. The molecule has 2 amide bonds. The van der Waals surface area contributed by atoms with Crippen LogP contribution in [-0.4, -0.2) is 50.1 Å². The van der Waals surface area contributed by atoms with Crippen LogP contribution in [0.3, 0.4) is 0 Å². The first-order valence-electron chi connectivity index (χ1n) is 8.29. The summed E-state index contributed by atoms with van der Waals surface area (Å²) in [6, 6.07) is 4.47. The van der Waals surface area contributed by atoms with Crippen LogP contribution in [-0.2, 0) is 16.1 Å². The van der Waals surface area contributed by atoms with Crippen LogP contribution in [0.4, 0.5) is 8.78 Å². The van der Waals surface area contributed by atoms with E-state index < -0.39 is 6.61 Å². The topological polar surface area (TPSA) is 93.9 Å². The molecule has 0 radical (unpaired) electrons. The van der Waals surface area contributed by atoms with Gasteiger partial charge in [-0.2, -0.15) is 8.78 Å². The van der Waals surface area contributed by atoms with Crippen LogP contribution in [0.25, 0.3) is 0 Å². The van der Waals surface area contributed by atoms with Crippen molar-refractivity contribution < 1.29 is 27.8 Å². The fourth-order valence-electron chi connectivity index (χ4n) is 2.91. The van der Waals surface area contributed by atoms with Crippen LogP contribution in [0.15, 0.2) is 18.2 Å². The molecule has 0 unspecified atom stereocenters. The van der Waals surface area contributed by atoms with E-state index in [0.717, 1.165) is 19.4 Å². The second-order valence-electron chi connectivity index (χ2n) is 6.12. The van der Waals surface area contributed by atoms with E-state index in [1.807, 2.05) is 4.90 Å². The molecule has 1 saturated heterocycles. The molecule has 3 N–H and O–H groups in total. The van der Waals surface area contributed by atoms with Gasteiger partial charge >= 0.3 is 6.61 Å². The number of alkyl halides is 2. The zero-order valence-corrected chi connectivity index (χ0v) is 14.5. The largest absolute Gasteiger partial charge is 0.493 e. The van der Waals surface area contributed by atoms with Crippen molar-refractivity contribution in [2.75, 3.05) is 26.7 Å². The number of rotatable bonds is 8. The van der Waals surface area contributed by atoms with Gasteiger partial charge in [0.1, 0.15) is 0 Å². The van der Waals surface area contributed by atoms with Crippen LogP contribution in [0.5, 0.6) is 11.5 Å². The van der Waals surface area contributed by atoms with Crippen molar-refractivity contribution in [2.45, 2.75) is 26.0 Å². The molecular weight excluding hydrogens is 348 g/mol.